The number of ether oxygens (including phenoxy) is 1. The van der Waals surface area contributed by atoms with E-state index in [0.29, 0.717) is 12.2 Å². The van der Waals surface area contributed by atoms with Gasteiger partial charge in [-0.25, -0.2) is 27.0 Å². The number of carbonyl (C=O) groups excluding carboxylic acids is 1. The number of carboxylic acid groups (broad SMARTS) is 1. The molecule has 3 rings (SSSR count). The quantitative estimate of drug-likeness (QED) is 0.225. The largest absolute Gasteiger partial charge is 0.478 e. The van der Waals surface area contributed by atoms with Crippen molar-refractivity contribution < 1.29 is 32.2 Å². The summed E-state index contributed by atoms with van der Waals surface area (Å²) in [6.07, 6.45) is 2.62. The normalized spacial score (nSPS) is 12.7. The van der Waals surface area contributed by atoms with Crippen molar-refractivity contribution in [3.05, 3.63) is 71.1 Å². The Balaban J connectivity index is 2.10. The van der Waals surface area contributed by atoms with Crippen LogP contribution >= 0.6 is 11.3 Å². The minimum absolute atomic E-state index is 0.00703. The van der Waals surface area contributed by atoms with Crippen LogP contribution in [0.4, 0.5) is 4.39 Å². The number of pyridine rings is 1. The highest BCUT2D eigenvalue weighted by molar-refractivity contribution is 7.90. The number of hydrogen-bond donors (Lipinski definition) is 2. The van der Waals surface area contributed by atoms with Crippen LogP contribution in [-0.2, 0) is 24.3 Å². The Morgan fingerprint density at radius 2 is 2.13 bits per heavy atom. The first-order valence-electron chi connectivity index (χ1n) is 8.64. The molecule has 0 fully saturated rings. The van der Waals surface area contributed by atoms with Crippen molar-refractivity contribution in [3.63, 3.8) is 0 Å². The maximum atomic E-state index is 14.4. The van der Waals surface area contributed by atoms with Crippen molar-refractivity contribution >= 4 is 33.3 Å². The molecule has 0 radical (unpaired) electrons. The van der Waals surface area contributed by atoms with Crippen LogP contribution in [-0.4, -0.2) is 41.5 Å². The lowest BCUT2D eigenvalue weighted by molar-refractivity contribution is -0.145. The number of aromatic nitrogens is 2. The lowest BCUT2D eigenvalue weighted by atomic mass is 10.2. The minimum atomic E-state index is -4.09. The number of esters is 1. The van der Waals surface area contributed by atoms with Gasteiger partial charge in [-0.15, -0.1) is 0 Å². The van der Waals surface area contributed by atoms with Gasteiger partial charge in [0.05, 0.1) is 16.2 Å². The molecular weight excluding hydrogens is 449 g/mol. The molecule has 0 aromatic carbocycles. The Morgan fingerprint density at radius 3 is 2.74 bits per heavy atom. The predicted octanol–water partition coefficient (Wildman–Crippen LogP) is 2.39. The number of aliphatic carboxylic acids is 1. The number of nitrogens with one attached hydrogen (secondary N) is 1. The first kappa shape index (κ1) is 22.3. The van der Waals surface area contributed by atoms with Crippen LogP contribution < -0.4 is 5.32 Å². The second kappa shape index (κ2) is 9.20. The first-order chi connectivity index (χ1) is 14.7. The molecule has 0 aliphatic carbocycles. The van der Waals surface area contributed by atoms with Crippen molar-refractivity contribution in [1.82, 2.24) is 14.3 Å². The number of hydrogen-bond acceptors (Lipinski definition) is 8. The van der Waals surface area contributed by atoms with Gasteiger partial charge in [-0.2, -0.15) is 15.7 Å². The van der Waals surface area contributed by atoms with Crippen LogP contribution in [0.1, 0.15) is 11.8 Å². The van der Waals surface area contributed by atoms with E-state index in [1.807, 2.05) is 0 Å². The fourth-order valence-electron chi connectivity index (χ4n) is 2.68. The van der Waals surface area contributed by atoms with Crippen LogP contribution in [0.2, 0.25) is 0 Å². The van der Waals surface area contributed by atoms with Crippen molar-refractivity contribution in [2.75, 3.05) is 7.05 Å². The SMILES string of the molecule is CNC(OC(=O)/C=C/C(=O)O)c1cc(-c2cccnc2F)n(S(=O)(=O)c2ccsc2)c1. The van der Waals surface area contributed by atoms with Gasteiger partial charge in [0.2, 0.25) is 5.95 Å². The topological polar surface area (TPSA) is 128 Å². The van der Waals surface area contributed by atoms with Gasteiger partial charge in [0, 0.05) is 35.5 Å². The average Bonchev–Trinajstić information content (AvgIpc) is 3.41. The van der Waals surface area contributed by atoms with Crippen LogP contribution in [0.3, 0.4) is 0 Å². The predicted molar refractivity (Wildman–Crippen MR) is 109 cm³/mol. The molecule has 0 saturated heterocycles. The molecule has 3 aromatic heterocycles. The molecule has 2 N–H and O–H groups in total. The summed E-state index contributed by atoms with van der Waals surface area (Å²) in [6.45, 7) is 0. The van der Waals surface area contributed by atoms with Crippen LogP contribution in [0.5, 0.6) is 0 Å². The molecule has 3 heterocycles. The maximum Gasteiger partial charge on any atom is 0.332 e. The molecule has 0 aliphatic rings. The zero-order chi connectivity index (χ0) is 22.6. The van der Waals surface area contributed by atoms with Gasteiger partial charge >= 0.3 is 11.9 Å². The molecule has 0 bridgehead atoms. The maximum absolute atomic E-state index is 14.4. The van der Waals surface area contributed by atoms with Gasteiger partial charge in [0.15, 0.2) is 6.23 Å². The average molecular weight is 465 g/mol. The van der Waals surface area contributed by atoms with E-state index in [1.54, 1.807) is 5.38 Å². The summed E-state index contributed by atoms with van der Waals surface area (Å²) in [4.78, 5) is 26.0. The molecular formula is C19H16FN3O6S2. The zero-order valence-corrected chi connectivity index (χ0v) is 17.6. The summed E-state index contributed by atoms with van der Waals surface area (Å²) >= 11 is 1.18. The fraction of sp³-hybridized carbons (Fsp3) is 0.105. The summed E-state index contributed by atoms with van der Waals surface area (Å²) in [7, 11) is -2.64. The Kier molecular flexibility index (Phi) is 6.63. The van der Waals surface area contributed by atoms with E-state index >= 15 is 0 Å². The van der Waals surface area contributed by atoms with E-state index < -0.39 is 34.1 Å². The number of rotatable bonds is 8. The Hall–Kier alpha value is -3.35. The smallest absolute Gasteiger partial charge is 0.332 e. The highest BCUT2D eigenvalue weighted by Crippen LogP contribution is 2.31. The highest BCUT2D eigenvalue weighted by Gasteiger charge is 2.27. The summed E-state index contributed by atoms with van der Waals surface area (Å²) < 4.78 is 46.7. The van der Waals surface area contributed by atoms with E-state index in [0.717, 1.165) is 3.97 Å². The van der Waals surface area contributed by atoms with Gasteiger partial charge in [-0.1, -0.05) is 0 Å². The fourth-order valence-corrected chi connectivity index (χ4v) is 5.07. The molecule has 0 amide bonds. The van der Waals surface area contributed by atoms with E-state index in [1.165, 1.54) is 60.4 Å². The zero-order valence-electron chi connectivity index (χ0n) is 15.9. The third-order valence-electron chi connectivity index (χ3n) is 4.06. The van der Waals surface area contributed by atoms with Gasteiger partial charge < -0.3 is 9.84 Å². The molecule has 162 valence electrons. The second-order valence-corrected chi connectivity index (χ2v) is 8.63. The highest BCUT2D eigenvalue weighted by atomic mass is 32.2. The van der Waals surface area contributed by atoms with E-state index in [9.17, 15) is 22.4 Å². The van der Waals surface area contributed by atoms with Crippen LogP contribution in [0.25, 0.3) is 11.3 Å². The van der Waals surface area contributed by atoms with Gasteiger partial charge in [-0.05, 0) is 36.7 Å². The Bertz CT molecular complexity index is 1240. The number of halogens is 1. The summed E-state index contributed by atoms with van der Waals surface area (Å²) in [6, 6.07) is 5.59. The van der Waals surface area contributed by atoms with Crippen molar-refractivity contribution in [3.8, 4) is 11.3 Å². The lowest BCUT2D eigenvalue weighted by Gasteiger charge is -2.14. The molecule has 9 nitrogen and oxygen atoms in total. The molecule has 1 unspecified atom stereocenters. The monoisotopic (exact) mass is 465 g/mol. The molecule has 0 spiro atoms. The van der Waals surface area contributed by atoms with Crippen LogP contribution in [0, 0.1) is 5.95 Å². The van der Waals surface area contributed by atoms with Gasteiger partial charge in [-0.3, -0.25) is 5.32 Å². The Labute approximate surface area is 180 Å². The summed E-state index contributed by atoms with van der Waals surface area (Å²) in [5, 5.41) is 14.3. The minimum Gasteiger partial charge on any atom is -0.478 e. The molecule has 0 aliphatic heterocycles. The number of carbonyl (C=O) groups is 2. The second-order valence-electron chi connectivity index (χ2n) is 6.04. The van der Waals surface area contributed by atoms with Crippen LogP contribution in [0.15, 0.2) is 64.5 Å². The van der Waals surface area contributed by atoms with Crippen molar-refractivity contribution in [2.45, 2.75) is 11.1 Å². The number of thiophene rings is 1. The molecule has 1 atom stereocenters. The third kappa shape index (κ3) is 4.87. The van der Waals surface area contributed by atoms with E-state index in [4.69, 9.17) is 9.84 Å². The molecule has 0 saturated carbocycles. The molecule has 3 aromatic rings. The summed E-state index contributed by atoms with van der Waals surface area (Å²) in [5.74, 6) is -3.18. The van der Waals surface area contributed by atoms with Crippen molar-refractivity contribution in [2.24, 2.45) is 0 Å². The number of carboxylic acids is 1. The Morgan fingerprint density at radius 1 is 1.35 bits per heavy atom. The van der Waals surface area contributed by atoms with Gasteiger partial charge in [0.1, 0.15) is 0 Å². The lowest BCUT2D eigenvalue weighted by Crippen LogP contribution is -2.22. The third-order valence-corrected chi connectivity index (χ3v) is 6.56. The van der Waals surface area contributed by atoms with Crippen molar-refractivity contribution in [1.29, 1.82) is 0 Å². The summed E-state index contributed by atoms with van der Waals surface area (Å²) in [5.41, 5.74) is 0.0975. The first-order valence-corrected chi connectivity index (χ1v) is 11.0. The molecule has 31 heavy (non-hydrogen) atoms. The number of nitrogens with zero attached hydrogens (tertiary/aromatic N) is 2. The molecule has 12 heteroatoms. The van der Waals surface area contributed by atoms with E-state index in [2.05, 4.69) is 10.3 Å². The van der Waals surface area contributed by atoms with E-state index in [-0.39, 0.29) is 21.7 Å². The van der Waals surface area contributed by atoms with Gasteiger partial charge in [0.25, 0.3) is 10.0 Å². The standard InChI is InChI=1S/C19H16FN3O6S2/c1-21-19(29-17(26)5-4-16(24)25)12-9-15(14-3-2-7-22-18(14)20)23(10-12)31(27,28)13-6-8-30-11-13/h2-11,19,21H,1H3,(H,24,25)/b5-4+.